The molecule has 0 fully saturated rings. The van der Waals surface area contributed by atoms with E-state index in [-0.39, 0.29) is 11.3 Å². The summed E-state index contributed by atoms with van der Waals surface area (Å²) in [5, 5.41) is 13.2. The van der Waals surface area contributed by atoms with Crippen LogP contribution in [0.15, 0.2) is 59.8 Å². The van der Waals surface area contributed by atoms with E-state index >= 15 is 0 Å². The Kier molecular flexibility index (Phi) is 4.88. The van der Waals surface area contributed by atoms with Crippen LogP contribution >= 0.6 is 0 Å². The van der Waals surface area contributed by atoms with E-state index in [1.807, 2.05) is 5.43 Å². The summed E-state index contributed by atoms with van der Waals surface area (Å²) in [6.45, 7) is 0. The number of nitrogens with zero attached hydrogens (tertiary/aromatic N) is 2. The van der Waals surface area contributed by atoms with E-state index in [0.29, 0.717) is 6.07 Å². The van der Waals surface area contributed by atoms with Gasteiger partial charge in [0, 0.05) is 24.0 Å². The van der Waals surface area contributed by atoms with Crippen LogP contribution in [0.2, 0.25) is 0 Å². The highest BCUT2D eigenvalue weighted by Gasteiger charge is 2.21. The topological polar surface area (TPSA) is 113 Å². The molecule has 0 aliphatic carbocycles. The number of aromatic nitrogens is 2. The van der Waals surface area contributed by atoms with Crippen molar-refractivity contribution in [2.24, 2.45) is 0 Å². The fourth-order valence-corrected chi connectivity index (χ4v) is 3.14. The van der Waals surface area contributed by atoms with Crippen molar-refractivity contribution in [2.45, 2.75) is 4.90 Å². The zero-order valence-electron chi connectivity index (χ0n) is 13.4. The number of sulfonamides is 1. The molecule has 0 spiro atoms. The number of rotatable bonds is 5. The molecule has 0 saturated carbocycles. The summed E-state index contributed by atoms with van der Waals surface area (Å²) in [4.78, 5) is 13.0. The summed E-state index contributed by atoms with van der Waals surface area (Å²) < 4.78 is 53.0. The maximum Gasteiger partial charge on any atom is 0.266 e. The van der Waals surface area contributed by atoms with Gasteiger partial charge in [-0.3, -0.25) is 10.2 Å². The van der Waals surface area contributed by atoms with Crippen molar-refractivity contribution in [1.29, 1.82) is 0 Å². The van der Waals surface area contributed by atoms with Crippen molar-refractivity contribution in [3.05, 3.63) is 72.1 Å². The smallest absolute Gasteiger partial charge is 0.266 e. The van der Waals surface area contributed by atoms with Gasteiger partial charge in [0.15, 0.2) is 0 Å². The minimum Gasteiger partial charge on any atom is -0.508 e. The number of carbonyl (C=O) groups is 1. The molecule has 3 rings (SSSR count). The number of phenols is 1. The molecule has 0 saturated heterocycles. The summed E-state index contributed by atoms with van der Waals surface area (Å²) >= 11 is 0. The van der Waals surface area contributed by atoms with Crippen LogP contribution < -0.4 is 10.3 Å². The summed E-state index contributed by atoms with van der Waals surface area (Å²) in [5.74, 6) is -3.32. The van der Waals surface area contributed by atoms with E-state index in [0.717, 1.165) is 24.3 Å². The van der Waals surface area contributed by atoms with Gasteiger partial charge < -0.3 is 5.11 Å². The van der Waals surface area contributed by atoms with Crippen molar-refractivity contribution in [3.8, 4) is 11.4 Å². The van der Waals surface area contributed by atoms with Crippen LogP contribution in [0, 0.1) is 11.6 Å². The predicted octanol–water partition coefficient (Wildman–Crippen LogP) is 1.48. The summed E-state index contributed by atoms with van der Waals surface area (Å²) in [6, 6.07) is 7.33. The number of hydrazine groups is 1. The van der Waals surface area contributed by atoms with Crippen LogP contribution in [0.1, 0.15) is 10.4 Å². The fraction of sp³-hybridized carbons (Fsp3) is 0. The first kappa shape index (κ1) is 18.5. The number of hydrogen-bond donors (Lipinski definition) is 3. The molecule has 27 heavy (non-hydrogen) atoms. The molecule has 140 valence electrons. The van der Waals surface area contributed by atoms with Crippen LogP contribution in [-0.2, 0) is 10.0 Å². The molecule has 1 heterocycles. The summed E-state index contributed by atoms with van der Waals surface area (Å²) in [5.41, 5.74) is 1.91. The Hall–Kier alpha value is -3.31. The van der Waals surface area contributed by atoms with Crippen molar-refractivity contribution < 1.29 is 27.1 Å². The lowest BCUT2D eigenvalue weighted by Gasteiger charge is -2.10. The third-order valence-corrected chi connectivity index (χ3v) is 4.68. The standard InChI is InChI=1S/C16H12F2N4O4S/c17-11-6-10(7-12(8-11)22-5-1-4-19-22)16(24)20-21-27(25,26)15-9-13(23)2-3-14(15)18/h1-9,21,23H,(H,20,24). The third-order valence-electron chi connectivity index (χ3n) is 3.42. The number of aromatic hydroxyl groups is 1. The van der Waals surface area contributed by atoms with Crippen molar-refractivity contribution in [3.63, 3.8) is 0 Å². The van der Waals surface area contributed by atoms with Gasteiger partial charge in [-0.1, -0.05) is 0 Å². The average molecular weight is 394 g/mol. The number of benzene rings is 2. The van der Waals surface area contributed by atoms with Gasteiger partial charge in [0.2, 0.25) is 0 Å². The number of nitrogens with one attached hydrogen (secondary N) is 2. The van der Waals surface area contributed by atoms with Gasteiger partial charge in [-0.25, -0.2) is 21.9 Å². The van der Waals surface area contributed by atoms with E-state index in [1.165, 1.54) is 23.1 Å². The second-order valence-corrected chi connectivity index (χ2v) is 6.97. The Morgan fingerprint density at radius 1 is 1.15 bits per heavy atom. The Bertz CT molecular complexity index is 1100. The van der Waals surface area contributed by atoms with Crippen molar-refractivity contribution in [1.82, 2.24) is 20.0 Å². The highest BCUT2D eigenvalue weighted by Crippen LogP contribution is 2.19. The zero-order chi connectivity index (χ0) is 19.6. The van der Waals surface area contributed by atoms with Crippen LogP contribution in [0.4, 0.5) is 8.78 Å². The molecule has 1 aromatic heterocycles. The number of carbonyl (C=O) groups excluding carboxylic acids is 1. The monoisotopic (exact) mass is 394 g/mol. The van der Waals surface area contributed by atoms with E-state index in [9.17, 15) is 27.1 Å². The Labute approximate surface area is 152 Å². The van der Waals surface area contributed by atoms with Gasteiger partial charge in [0.1, 0.15) is 22.3 Å². The second-order valence-electron chi connectivity index (χ2n) is 5.32. The summed E-state index contributed by atoms with van der Waals surface area (Å²) in [7, 11) is -4.51. The molecule has 1 amide bonds. The van der Waals surface area contributed by atoms with Gasteiger partial charge >= 0.3 is 0 Å². The van der Waals surface area contributed by atoms with Gasteiger partial charge in [0.25, 0.3) is 15.9 Å². The molecule has 2 aromatic carbocycles. The number of halogens is 2. The lowest BCUT2D eigenvalue weighted by Crippen LogP contribution is -2.41. The minimum absolute atomic E-state index is 0.195. The number of phenolic OH excluding ortho intramolecular Hbond substituents is 1. The Balaban J connectivity index is 1.81. The molecule has 0 bridgehead atoms. The van der Waals surface area contributed by atoms with Crippen LogP contribution in [0.3, 0.4) is 0 Å². The highest BCUT2D eigenvalue weighted by atomic mass is 32.2. The first-order chi connectivity index (χ1) is 12.8. The normalized spacial score (nSPS) is 11.3. The quantitative estimate of drug-likeness (QED) is 0.568. The van der Waals surface area contributed by atoms with E-state index in [1.54, 1.807) is 10.9 Å². The largest absolute Gasteiger partial charge is 0.508 e. The van der Waals surface area contributed by atoms with Gasteiger partial charge in [-0.05, 0) is 36.4 Å². The SMILES string of the molecule is O=C(NNS(=O)(=O)c1cc(O)ccc1F)c1cc(F)cc(-n2cccn2)c1. The van der Waals surface area contributed by atoms with E-state index in [2.05, 4.69) is 5.10 Å². The molecule has 3 N–H and O–H groups in total. The molecule has 0 aliphatic heterocycles. The molecule has 0 atom stereocenters. The van der Waals surface area contributed by atoms with E-state index in [4.69, 9.17) is 0 Å². The zero-order valence-corrected chi connectivity index (χ0v) is 14.2. The summed E-state index contributed by atoms with van der Waals surface area (Å²) in [6.07, 6.45) is 2.99. The Morgan fingerprint density at radius 3 is 2.63 bits per heavy atom. The van der Waals surface area contributed by atoms with Crippen molar-refractivity contribution in [2.75, 3.05) is 0 Å². The lowest BCUT2D eigenvalue weighted by molar-refractivity contribution is 0.0944. The molecule has 0 radical (unpaired) electrons. The predicted molar refractivity (Wildman–Crippen MR) is 89.4 cm³/mol. The van der Waals surface area contributed by atoms with E-state index < -0.39 is 38.2 Å². The highest BCUT2D eigenvalue weighted by molar-refractivity contribution is 7.89. The van der Waals surface area contributed by atoms with Gasteiger partial charge in [0.05, 0.1) is 5.69 Å². The van der Waals surface area contributed by atoms with Gasteiger partial charge in [-0.2, -0.15) is 5.10 Å². The molecule has 8 nitrogen and oxygen atoms in total. The maximum atomic E-state index is 13.8. The fourth-order valence-electron chi connectivity index (χ4n) is 2.20. The molecule has 0 unspecified atom stereocenters. The third kappa shape index (κ3) is 4.10. The molecule has 11 heteroatoms. The first-order valence-corrected chi connectivity index (χ1v) is 8.86. The molecule has 3 aromatic rings. The molecular formula is C16H12F2N4O4S. The van der Waals surface area contributed by atoms with Crippen LogP contribution in [-0.4, -0.2) is 29.2 Å². The maximum absolute atomic E-state index is 13.8. The molecular weight excluding hydrogens is 382 g/mol. The Morgan fingerprint density at radius 2 is 1.93 bits per heavy atom. The van der Waals surface area contributed by atoms with Crippen LogP contribution in [0.25, 0.3) is 5.69 Å². The first-order valence-electron chi connectivity index (χ1n) is 7.37. The van der Waals surface area contributed by atoms with Crippen LogP contribution in [0.5, 0.6) is 5.75 Å². The number of hydrogen-bond acceptors (Lipinski definition) is 5. The minimum atomic E-state index is -4.51. The number of amides is 1. The van der Waals surface area contributed by atoms with Gasteiger partial charge in [-0.15, -0.1) is 4.83 Å². The lowest BCUT2D eigenvalue weighted by atomic mass is 10.2. The molecule has 0 aliphatic rings. The average Bonchev–Trinajstić information content (AvgIpc) is 3.16. The second kappa shape index (κ2) is 7.13. The van der Waals surface area contributed by atoms with Crippen molar-refractivity contribution >= 4 is 15.9 Å².